The van der Waals surface area contributed by atoms with Crippen molar-refractivity contribution in [2.24, 2.45) is 0 Å². The SMILES string of the molecule is CC/C=C\C/C=C\C/C=C\C/C=C\C/C=C\C/C=C\CCCCCCCCC(=O)OCC(COC(=O)CCCCCCCCC/C=C\C/C=C\C/C=C\CC)OC(=O)CCCCCCCC/C=C\C/C=C\C/C=C\C/C=C\CC. The molecule has 0 aliphatic carbocycles. The summed E-state index contributed by atoms with van der Waals surface area (Å²) in [6.07, 6.45) is 95.2. The molecule has 0 saturated heterocycles. The van der Waals surface area contributed by atoms with Gasteiger partial charge in [-0.05, 0) is 141 Å². The van der Waals surface area contributed by atoms with Crippen LogP contribution in [0.15, 0.2) is 158 Å². The van der Waals surface area contributed by atoms with Gasteiger partial charge >= 0.3 is 17.9 Å². The molecule has 79 heavy (non-hydrogen) atoms. The first-order chi connectivity index (χ1) is 39.0. The molecule has 0 spiro atoms. The Hall–Kier alpha value is -4.97. The molecule has 444 valence electrons. The smallest absolute Gasteiger partial charge is 0.306 e. The minimum absolute atomic E-state index is 0.100. The van der Waals surface area contributed by atoms with E-state index < -0.39 is 6.10 Å². The van der Waals surface area contributed by atoms with Crippen LogP contribution >= 0.6 is 0 Å². The van der Waals surface area contributed by atoms with Gasteiger partial charge in [0.05, 0.1) is 0 Å². The number of carbonyl (C=O) groups is 3. The molecule has 0 fully saturated rings. The lowest BCUT2D eigenvalue weighted by molar-refractivity contribution is -0.167. The van der Waals surface area contributed by atoms with Gasteiger partial charge in [-0.1, -0.05) is 262 Å². The van der Waals surface area contributed by atoms with Crippen molar-refractivity contribution in [3.63, 3.8) is 0 Å². The summed E-state index contributed by atoms with van der Waals surface area (Å²) in [7, 11) is 0. The maximum absolute atomic E-state index is 12.9. The van der Waals surface area contributed by atoms with Crippen molar-refractivity contribution in [2.45, 2.75) is 271 Å². The van der Waals surface area contributed by atoms with Crippen LogP contribution in [0.4, 0.5) is 0 Å². The zero-order valence-corrected chi connectivity index (χ0v) is 50.8. The summed E-state index contributed by atoms with van der Waals surface area (Å²) in [5.41, 5.74) is 0. The second-order valence-electron chi connectivity index (χ2n) is 20.5. The van der Waals surface area contributed by atoms with Crippen LogP contribution < -0.4 is 0 Å². The summed E-state index contributed by atoms with van der Waals surface area (Å²) in [5.74, 6) is -0.940. The summed E-state index contributed by atoms with van der Waals surface area (Å²) in [5, 5.41) is 0. The van der Waals surface area contributed by atoms with E-state index in [4.69, 9.17) is 14.2 Å². The normalized spacial score (nSPS) is 13.2. The van der Waals surface area contributed by atoms with E-state index in [9.17, 15) is 14.4 Å². The number of carbonyl (C=O) groups excluding carboxylic acids is 3. The summed E-state index contributed by atoms with van der Waals surface area (Å²) in [6, 6.07) is 0. The lowest BCUT2D eigenvalue weighted by atomic mass is 10.1. The third-order valence-electron chi connectivity index (χ3n) is 13.0. The topological polar surface area (TPSA) is 78.9 Å². The van der Waals surface area contributed by atoms with Crippen molar-refractivity contribution < 1.29 is 28.6 Å². The van der Waals surface area contributed by atoms with Crippen molar-refractivity contribution in [1.82, 2.24) is 0 Å². The highest BCUT2D eigenvalue weighted by atomic mass is 16.6. The number of ether oxygens (including phenoxy) is 3. The quantitative estimate of drug-likeness (QED) is 0.0261. The average Bonchev–Trinajstić information content (AvgIpc) is 3.45. The van der Waals surface area contributed by atoms with Crippen molar-refractivity contribution in [1.29, 1.82) is 0 Å². The molecule has 0 aliphatic heterocycles. The van der Waals surface area contributed by atoms with Crippen molar-refractivity contribution in [3.8, 4) is 0 Å². The van der Waals surface area contributed by atoms with E-state index in [1.165, 1.54) is 51.4 Å². The Balaban J connectivity index is 4.47. The molecule has 0 N–H and O–H groups in total. The monoisotopic (exact) mass is 1090 g/mol. The Morgan fingerprint density at radius 2 is 0.456 bits per heavy atom. The third-order valence-corrected chi connectivity index (χ3v) is 13.0. The van der Waals surface area contributed by atoms with Gasteiger partial charge in [0.15, 0.2) is 6.10 Å². The number of unbranched alkanes of at least 4 members (excludes halogenated alkanes) is 19. The summed E-state index contributed by atoms with van der Waals surface area (Å²) >= 11 is 0. The van der Waals surface area contributed by atoms with Gasteiger partial charge in [-0.3, -0.25) is 14.4 Å². The Labute approximate surface area is 486 Å². The minimum Gasteiger partial charge on any atom is -0.462 e. The van der Waals surface area contributed by atoms with Crippen LogP contribution in [0.1, 0.15) is 265 Å². The number of hydrogen-bond acceptors (Lipinski definition) is 6. The van der Waals surface area contributed by atoms with Crippen LogP contribution in [0.5, 0.6) is 0 Å². The molecule has 0 aromatic carbocycles. The molecule has 0 aliphatic rings. The molecule has 1 atom stereocenters. The van der Waals surface area contributed by atoms with Crippen LogP contribution in [0.25, 0.3) is 0 Å². The van der Waals surface area contributed by atoms with E-state index in [-0.39, 0.29) is 31.1 Å². The van der Waals surface area contributed by atoms with Crippen LogP contribution in [0.3, 0.4) is 0 Å². The molecule has 6 nitrogen and oxygen atoms in total. The van der Waals surface area contributed by atoms with Gasteiger partial charge in [0.25, 0.3) is 0 Å². The molecule has 0 radical (unpaired) electrons. The first-order valence-electron chi connectivity index (χ1n) is 32.0. The van der Waals surface area contributed by atoms with Crippen LogP contribution in [-0.2, 0) is 28.6 Å². The summed E-state index contributed by atoms with van der Waals surface area (Å²) < 4.78 is 16.9. The van der Waals surface area contributed by atoms with E-state index in [0.29, 0.717) is 19.3 Å². The largest absolute Gasteiger partial charge is 0.462 e. The Kier molecular flexibility index (Phi) is 61.4. The van der Waals surface area contributed by atoms with Gasteiger partial charge in [-0.25, -0.2) is 0 Å². The molecule has 0 amide bonds. The number of rotatable bonds is 56. The standard InChI is InChI=1S/C73H116O6/c1-4-7-10-13-16-19-22-25-28-31-33-34-35-36-37-38-40-42-45-48-51-54-57-60-63-66-72(75)78-69-70(68-77-71(74)65-62-59-56-53-50-47-44-41-30-27-24-21-18-15-12-9-6-3)79-73(76)67-64-61-58-55-52-49-46-43-39-32-29-26-23-20-17-14-11-8-5-2/h7-12,16-21,25-30,33-34,36-37,39-40,42-43,70H,4-6,13-15,22-24,31-32,35,38,41,44-69H2,1-3H3/b10-7-,11-8-,12-9-,19-16-,20-17-,21-18-,28-25-,29-26-,30-27-,34-33-,37-36-,42-40-,43-39-. The van der Waals surface area contributed by atoms with Crippen LogP contribution in [0, 0.1) is 0 Å². The van der Waals surface area contributed by atoms with E-state index in [2.05, 4.69) is 179 Å². The number of allylic oxidation sites excluding steroid dienone is 26. The number of hydrogen-bond donors (Lipinski definition) is 0. The minimum atomic E-state index is -0.806. The molecule has 0 bridgehead atoms. The second kappa shape index (κ2) is 65.5. The fourth-order valence-electron chi connectivity index (χ4n) is 8.33. The van der Waals surface area contributed by atoms with Gasteiger partial charge in [-0.2, -0.15) is 0 Å². The molecule has 0 aromatic rings. The second-order valence-corrected chi connectivity index (χ2v) is 20.5. The lowest BCUT2D eigenvalue weighted by Gasteiger charge is -2.18. The molecule has 6 heteroatoms. The maximum Gasteiger partial charge on any atom is 0.306 e. The van der Waals surface area contributed by atoms with Gasteiger partial charge < -0.3 is 14.2 Å². The van der Waals surface area contributed by atoms with Crippen molar-refractivity contribution in [3.05, 3.63) is 158 Å². The van der Waals surface area contributed by atoms with Crippen molar-refractivity contribution >= 4 is 17.9 Å². The highest BCUT2D eigenvalue weighted by Gasteiger charge is 2.19. The Morgan fingerprint density at radius 3 is 0.709 bits per heavy atom. The Morgan fingerprint density at radius 1 is 0.253 bits per heavy atom. The van der Waals surface area contributed by atoms with Gasteiger partial charge in [0.2, 0.25) is 0 Å². The lowest BCUT2D eigenvalue weighted by Crippen LogP contribution is -2.30. The van der Waals surface area contributed by atoms with E-state index in [1.807, 2.05) is 0 Å². The first kappa shape index (κ1) is 74.0. The van der Waals surface area contributed by atoms with E-state index in [1.54, 1.807) is 0 Å². The zero-order valence-electron chi connectivity index (χ0n) is 50.8. The molecule has 0 saturated carbocycles. The summed E-state index contributed by atoms with van der Waals surface area (Å²) in [6.45, 7) is 6.27. The maximum atomic E-state index is 12.9. The first-order valence-corrected chi connectivity index (χ1v) is 32.0. The Bertz CT molecular complexity index is 1780. The highest BCUT2D eigenvalue weighted by molar-refractivity contribution is 5.71. The zero-order chi connectivity index (χ0) is 57.1. The molecule has 1 unspecified atom stereocenters. The van der Waals surface area contributed by atoms with Crippen LogP contribution in [0.2, 0.25) is 0 Å². The van der Waals surface area contributed by atoms with Gasteiger partial charge in [0, 0.05) is 19.3 Å². The molecular formula is C73H116O6. The molecule has 0 aromatic heterocycles. The molecular weight excluding hydrogens is 973 g/mol. The highest BCUT2D eigenvalue weighted by Crippen LogP contribution is 2.14. The fraction of sp³-hybridized carbons (Fsp3) is 0.603. The van der Waals surface area contributed by atoms with Gasteiger partial charge in [0.1, 0.15) is 13.2 Å². The predicted molar refractivity (Wildman–Crippen MR) is 343 cm³/mol. The number of esters is 3. The average molecular weight is 1090 g/mol. The predicted octanol–water partition coefficient (Wildman–Crippen LogP) is 22.1. The van der Waals surface area contributed by atoms with Crippen LogP contribution in [-0.4, -0.2) is 37.2 Å². The fourth-order valence-corrected chi connectivity index (χ4v) is 8.33. The third kappa shape index (κ3) is 63.7. The van der Waals surface area contributed by atoms with E-state index >= 15 is 0 Å². The molecule has 0 heterocycles. The molecule has 0 rings (SSSR count). The van der Waals surface area contributed by atoms with Gasteiger partial charge in [-0.15, -0.1) is 0 Å². The van der Waals surface area contributed by atoms with Crippen molar-refractivity contribution in [2.75, 3.05) is 13.2 Å². The van der Waals surface area contributed by atoms with E-state index in [0.717, 1.165) is 173 Å². The summed E-state index contributed by atoms with van der Waals surface area (Å²) in [4.78, 5) is 38.4.